The highest BCUT2D eigenvalue weighted by Gasteiger charge is 2.02. The summed E-state index contributed by atoms with van der Waals surface area (Å²) >= 11 is 1.47. The lowest BCUT2D eigenvalue weighted by atomic mass is 10.3. The van der Waals surface area contributed by atoms with Crippen molar-refractivity contribution in [1.82, 2.24) is 4.98 Å². The SMILES string of the molecule is O=[N+]([O-])c1ccc(N/N=C/c2nccs2)cc1. The molecular weight excluding hydrogens is 240 g/mol. The van der Waals surface area contributed by atoms with Crippen LogP contribution in [0.5, 0.6) is 0 Å². The molecule has 6 nitrogen and oxygen atoms in total. The molecule has 86 valence electrons. The maximum atomic E-state index is 10.4. The average Bonchev–Trinajstić information content (AvgIpc) is 2.83. The molecule has 0 atom stereocenters. The van der Waals surface area contributed by atoms with Crippen LogP contribution < -0.4 is 5.43 Å². The van der Waals surface area contributed by atoms with Crippen LogP contribution in [0.2, 0.25) is 0 Å². The molecule has 0 aliphatic rings. The Kier molecular flexibility index (Phi) is 3.41. The van der Waals surface area contributed by atoms with Gasteiger partial charge >= 0.3 is 0 Å². The van der Waals surface area contributed by atoms with Crippen molar-refractivity contribution in [2.24, 2.45) is 5.10 Å². The lowest BCUT2D eigenvalue weighted by Crippen LogP contribution is -1.91. The molecule has 2 rings (SSSR count). The lowest BCUT2D eigenvalue weighted by molar-refractivity contribution is -0.384. The summed E-state index contributed by atoms with van der Waals surface area (Å²) < 4.78 is 0. The van der Waals surface area contributed by atoms with Crippen LogP contribution in [0.4, 0.5) is 11.4 Å². The molecule has 0 spiro atoms. The Bertz CT molecular complexity index is 522. The number of hydrazone groups is 1. The number of benzene rings is 1. The van der Waals surface area contributed by atoms with E-state index in [2.05, 4.69) is 15.5 Å². The largest absolute Gasteiger partial charge is 0.278 e. The number of nitrogens with one attached hydrogen (secondary N) is 1. The van der Waals surface area contributed by atoms with Crippen molar-refractivity contribution < 1.29 is 4.92 Å². The summed E-state index contributed by atoms with van der Waals surface area (Å²) in [4.78, 5) is 14.0. The molecule has 0 aliphatic heterocycles. The van der Waals surface area contributed by atoms with Gasteiger partial charge in [0.25, 0.3) is 5.69 Å². The van der Waals surface area contributed by atoms with Crippen LogP contribution in [-0.2, 0) is 0 Å². The van der Waals surface area contributed by atoms with Gasteiger partial charge in [-0.25, -0.2) is 4.98 Å². The van der Waals surface area contributed by atoms with Gasteiger partial charge < -0.3 is 0 Å². The number of hydrogen-bond acceptors (Lipinski definition) is 6. The third-order valence-corrected chi connectivity index (χ3v) is 2.61. The number of nitro benzene ring substituents is 1. The first kappa shape index (κ1) is 11.2. The Morgan fingerprint density at radius 1 is 1.41 bits per heavy atom. The molecule has 1 N–H and O–H groups in total. The smallest absolute Gasteiger partial charge is 0.269 e. The van der Waals surface area contributed by atoms with Gasteiger partial charge in [0.15, 0.2) is 0 Å². The Morgan fingerprint density at radius 3 is 2.76 bits per heavy atom. The van der Waals surface area contributed by atoms with Gasteiger partial charge in [-0.3, -0.25) is 15.5 Å². The molecule has 0 saturated heterocycles. The zero-order valence-electron chi connectivity index (χ0n) is 8.61. The monoisotopic (exact) mass is 248 g/mol. The van der Waals surface area contributed by atoms with E-state index >= 15 is 0 Å². The van der Waals surface area contributed by atoms with Gasteiger partial charge in [0, 0.05) is 23.7 Å². The van der Waals surface area contributed by atoms with Gasteiger partial charge in [-0.05, 0) is 12.1 Å². The molecule has 0 aliphatic carbocycles. The molecular formula is C10H8N4O2S. The second-order valence-corrected chi connectivity index (χ2v) is 3.97. The summed E-state index contributed by atoms with van der Waals surface area (Å²) in [5.41, 5.74) is 3.50. The molecule has 17 heavy (non-hydrogen) atoms. The fourth-order valence-corrected chi connectivity index (χ4v) is 1.61. The van der Waals surface area contributed by atoms with Gasteiger partial charge in [0.05, 0.1) is 16.8 Å². The van der Waals surface area contributed by atoms with E-state index < -0.39 is 4.92 Å². The van der Waals surface area contributed by atoms with Crippen LogP contribution in [0, 0.1) is 10.1 Å². The van der Waals surface area contributed by atoms with Crippen molar-refractivity contribution >= 4 is 28.9 Å². The van der Waals surface area contributed by atoms with E-state index in [4.69, 9.17) is 0 Å². The quantitative estimate of drug-likeness (QED) is 0.512. The predicted molar refractivity (Wildman–Crippen MR) is 66.4 cm³/mol. The summed E-state index contributed by atoms with van der Waals surface area (Å²) in [5.74, 6) is 0. The fourth-order valence-electron chi connectivity index (χ4n) is 1.12. The topological polar surface area (TPSA) is 80.4 Å². The highest BCUT2D eigenvalue weighted by Crippen LogP contribution is 2.15. The summed E-state index contributed by atoms with van der Waals surface area (Å²) in [6, 6.07) is 6.02. The standard InChI is InChI=1S/C10H8N4O2S/c15-14(16)9-3-1-8(2-4-9)13-12-7-10-11-5-6-17-10/h1-7,13H/b12-7+. The molecule has 7 heteroatoms. The molecule has 0 saturated carbocycles. The summed E-state index contributed by atoms with van der Waals surface area (Å²) in [5, 5.41) is 17.0. The Hall–Kier alpha value is -2.28. The third kappa shape index (κ3) is 3.08. The van der Waals surface area contributed by atoms with Crippen molar-refractivity contribution in [3.63, 3.8) is 0 Å². The van der Waals surface area contributed by atoms with Crippen LogP contribution in [-0.4, -0.2) is 16.1 Å². The number of nitrogens with zero attached hydrogens (tertiary/aromatic N) is 3. The highest BCUT2D eigenvalue weighted by atomic mass is 32.1. The summed E-state index contributed by atoms with van der Waals surface area (Å²) in [6.45, 7) is 0. The number of rotatable bonds is 4. The molecule has 0 amide bonds. The zero-order chi connectivity index (χ0) is 12.1. The van der Waals surface area contributed by atoms with Crippen molar-refractivity contribution in [1.29, 1.82) is 0 Å². The van der Waals surface area contributed by atoms with E-state index in [9.17, 15) is 10.1 Å². The normalized spacial score (nSPS) is 10.6. The zero-order valence-corrected chi connectivity index (χ0v) is 9.42. The third-order valence-electron chi connectivity index (χ3n) is 1.90. The second-order valence-electron chi connectivity index (χ2n) is 3.04. The molecule has 1 heterocycles. The number of hydrogen-bond donors (Lipinski definition) is 1. The number of non-ortho nitro benzene ring substituents is 1. The van der Waals surface area contributed by atoms with E-state index in [1.807, 2.05) is 5.38 Å². The summed E-state index contributed by atoms with van der Waals surface area (Å²) in [6.07, 6.45) is 3.28. The van der Waals surface area contributed by atoms with Crippen molar-refractivity contribution in [2.75, 3.05) is 5.43 Å². The van der Waals surface area contributed by atoms with E-state index in [0.717, 1.165) is 5.01 Å². The average molecular weight is 248 g/mol. The van der Waals surface area contributed by atoms with E-state index in [1.54, 1.807) is 24.5 Å². The lowest BCUT2D eigenvalue weighted by Gasteiger charge is -1.98. The molecule has 1 aromatic heterocycles. The van der Waals surface area contributed by atoms with Crippen molar-refractivity contribution in [3.05, 3.63) is 51.0 Å². The molecule has 0 bridgehead atoms. The molecule has 0 fully saturated rings. The predicted octanol–water partition coefficient (Wildman–Crippen LogP) is 2.50. The Balaban J connectivity index is 1.97. The van der Waals surface area contributed by atoms with Crippen molar-refractivity contribution in [2.45, 2.75) is 0 Å². The van der Waals surface area contributed by atoms with Crippen LogP contribution in [0.15, 0.2) is 40.9 Å². The van der Waals surface area contributed by atoms with Gasteiger partial charge in [-0.1, -0.05) is 0 Å². The molecule has 0 radical (unpaired) electrons. The Labute approximate surface area is 101 Å². The van der Waals surface area contributed by atoms with Gasteiger partial charge in [0.2, 0.25) is 0 Å². The summed E-state index contributed by atoms with van der Waals surface area (Å²) in [7, 11) is 0. The van der Waals surface area contributed by atoms with E-state index in [-0.39, 0.29) is 5.69 Å². The number of anilines is 1. The molecule has 0 unspecified atom stereocenters. The number of nitro groups is 1. The van der Waals surface area contributed by atoms with Crippen LogP contribution >= 0.6 is 11.3 Å². The minimum Gasteiger partial charge on any atom is -0.278 e. The maximum absolute atomic E-state index is 10.4. The Morgan fingerprint density at radius 2 is 2.18 bits per heavy atom. The molecule has 2 aromatic rings. The van der Waals surface area contributed by atoms with Gasteiger partial charge in [-0.2, -0.15) is 5.10 Å². The number of aromatic nitrogens is 1. The van der Waals surface area contributed by atoms with Gasteiger partial charge in [0.1, 0.15) is 5.01 Å². The maximum Gasteiger partial charge on any atom is 0.269 e. The second kappa shape index (κ2) is 5.17. The minimum absolute atomic E-state index is 0.0550. The van der Waals surface area contributed by atoms with E-state index in [1.165, 1.54) is 23.5 Å². The van der Waals surface area contributed by atoms with Crippen molar-refractivity contribution in [3.8, 4) is 0 Å². The van der Waals surface area contributed by atoms with Gasteiger partial charge in [-0.15, -0.1) is 11.3 Å². The molecule has 1 aromatic carbocycles. The van der Waals surface area contributed by atoms with Crippen LogP contribution in [0.25, 0.3) is 0 Å². The first-order valence-electron chi connectivity index (χ1n) is 4.69. The fraction of sp³-hybridized carbons (Fsp3) is 0. The van der Waals surface area contributed by atoms with E-state index in [0.29, 0.717) is 5.69 Å². The highest BCUT2D eigenvalue weighted by molar-refractivity contribution is 7.11. The van der Waals surface area contributed by atoms with Crippen LogP contribution in [0.1, 0.15) is 5.01 Å². The first-order valence-corrected chi connectivity index (χ1v) is 5.57. The minimum atomic E-state index is -0.442. The number of thiazole rings is 1. The first-order chi connectivity index (χ1) is 8.25. The van der Waals surface area contributed by atoms with Crippen LogP contribution in [0.3, 0.4) is 0 Å².